The predicted octanol–water partition coefficient (Wildman–Crippen LogP) is 3.28. The highest BCUT2D eigenvalue weighted by molar-refractivity contribution is 7.90. The van der Waals surface area contributed by atoms with Crippen molar-refractivity contribution in [2.45, 2.75) is 18.6 Å². The van der Waals surface area contributed by atoms with E-state index in [0.717, 1.165) is 5.56 Å². The number of nitriles is 1. The van der Waals surface area contributed by atoms with Crippen LogP contribution in [0, 0.1) is 11.3 Å². The number of sulfone groups is 1. The molecule has 1 atom stereocenters. The molecule has 0 aliphatic rings. The van der Waals surface area contributed by atoms with Crippen molar-refractivity contribution in [3.8, 4) is 6.07 Å². The third-order valence-corrected chi connectivity index (χ3v) is 5.10. The van der Waals surface area contributed by atoms with Crippen molar-refractivity contribution < 1.29 is 8.42 Å². The Kier molecular flexibility index (Phi) is 4.77. The van der Waals surface area contributed by atoms with Crippen LogP contribution in [-0.4, -0.2) is 14.2 Å². The molecule has 0 unspecified atom stereocenters. The summed E-state index contributed by atoms with van der Waals surface area (Å²) in [6.45, 7) is 1.92. The number of hydrogen-bond acceptors (Lipinski definition) is 3. The molecule has 0 radical (unpaired) electrons. The Morgan fingerprint density at radius 2 is 1.81 bits per heavy atom. The summed E-state index contributed by atoms with van der Waals surface area (Å²) in [6, 6.07) is 18.4. The fourth-order valence-electron chi connectivity index (χ4n) is 2.30. The molecule has 0 bridgehead atoms. The van der Waals surface area contributed by atoms with Crippen LogP contribution in [0.3, 0.4) is 0 Å². The summed E-state index contributed by atoms with van der Waals surface area (Å²) in [5, 5.41) is 8.86. The van der Waals surface area contributed by atoms with Crippen molar-refractivity contribution in [1.82, 2.24) is 0 Å². The van der Waals surface area contributed by atoms with Gasteiger partial charge in [0.25, 0.3) is 0 Å². The minimum absolute atomic E-state index is 0.0281. The van der Waals surface area contributed by atoms with Crippen LogP contribution in [0.15, 0.2) is 54.6 Å². The normalized spacial score (nSPS) is 12.6. The lowest BCUT2D eigenvalue weighted by Crippen LogP contribution is -2.14. The maximum atomic E-state index is 12.3. The van der Waals surface area contributed by atoms with E-state index in [9.17, 15) is 8.42 Å². The zero-order valence-electron chi connectivity index (χ0n) is 11.9. The molecule has 2 aromatic carbocycles. The molecule has 2 rings (SSSR count). The maximum Gasteiger partial charge on any atom is 0.155 e. The Hall–Kier alpha value is -2.12. The van der Waals surface area contributed by atoms with E-state index < -0.39 is 9.84 Å². The van der Waals surface area contributed by atoms with Crippen LogP contribution < -0.4 is 0 Å². The number of rotatable bonds is 5. The van der Waals surface area contributed by atoms with Crippen molar-refractivity contribution in [2.24, 2.45) is 0 Å². The van der Waals surface area contributed by atoms with Gasteiger partial charge in [0.1, 0.15) is 0 Å². The Labute approximate surface area is 125 Å². The van der Waals surface area contributed by atoms with Crippen LogP contribution in [0.4, 0.5) is 0 Å². The van der Waals surface area contributed by atoms with Gasteiger partial charge >= 0.3 is 0 Å². The molecule has 0 saturated heterocycles. The first kappa shape index (κ1) is 15.3. The number of hydrogen-bond donors (Lipinski definition) is 0. The average Bonchev–Trinajstić information content (AvgIpc) is 2.47. The van der Waals surface area contributed by atoms with Crippen molar-refractivity contribution in [3.05, 3.63) is 71.3 Å². The predicted molar refractivity (Wildman–Crippen MR) is 83.5 cm³/mol. The number of nitrogens with zero attached hydrogens (tertiary/aromatic N) is 1. The van der Waals surface area contributed by atoms with Crippen molar-refractivity contribution in [3.63, 3.8) is 0 Å². The highest BCUT2D eigenvalue weighted by atomic mass is 32.2. The molecule has 108 valence electrons. The Bertz CT molecular complexity index is 746. The molecule has 0 aliphatic heterocycles. The van der Waals surface area contributed by atoms with Crippen LogP contribution in [0.1, 0.15) is 29.5 Å². The first-order valence-electron chi connectivity index (χ1n) is 6.74. The highest BCUT2D eigenvalue weighted by Gasteiger charge is 2.18. The second-order valence-electron chi connectivity index (χ2n) is 5.18. The fourth-order valence-corrected chi connectivity index (χ4v) is 4.06. The van der Waals surface area contributed by atoms with E-state index in [4.69, 9.17) is 5.26 Å². The SMILES string of the molecule is C[C@H](CS(=O)(=O)Cc1cccc(C#N)c1)c1ccccc1. The molecule has 0 fully saturated rings. The van der Waals surface area contributed by atoms with Crippen LogP contribution >= 0.6 is 0 Å². The van der Waals surface area contributed by atoms with E-state index in [2.05, 4.69) is 0 Å². The van der Waals surface area contributed by atoms with Crippen molar-refractivity contribution >= 4 is 9.84 Å². The van der Waals surface area contributed by atoms with E-state index in [1.54, 1.807) is 24.3 Å². The molecule has 2 aromatic rings. The lowest BCUT2D eigenvalue weighted by molar-refractivity contribution is 0.589. The van der Waals surface area contributed by atoms with Gasteiger partial charge in [0.15, 0.2) is 9.84 Å². The largest absolute Gasteiger partial charge is 0.228 e. The molecule has 0 N–H and O–H groups in total. The van der Waals surface area contributed by atoms with E-state index in [1.165, 1.54) is 0 Å². The summed E-state index contributed by atoms with van der Waals surface area (Å²) in [7, 11) is -3.22. The fraction of sp³-hybridized carbons (Fsp3) is 0.235. The summed E-state index contributed by atoms with van der Waals surface area (Å²) in [4.78, 5) is 0. The third kappa shape index (κ3) is 4.44. The molecule has 0 aromatic heterocycles. The van der Waals surface area contributed by atoms with Gasteiger partial charge in [-0.05, 0) is 29.2 Å². The zero-order valence-corrected chi connectivity index (χ0v) is 12.7. The van der Waals surface area contributed by atoms with Gasteiger partial charge in [0.2, 0.25) is 0 Å². The van der Waals surface area contributed by atoms with Gasteiger partial charge in [-0.3, -0.25) is 0 Å². The smallest absolute Gasteiger partial charge is 0.155 e. The molecule has 3 nitrogen and oxygen atoms in total. The van der Waals surface area contributed by atoms with Gasteiger partial charge in [0.05, 0.1) is 23.1 Å². The van der Waals surface area contributed by atoms with Gasteiger partial charge in [-0.15, -0.1) is 0 Å². The van der Waals surface area contributed by atoms with E-state index >= 15 is 0 Å². The molecular formula is C17H17NO2S. The molecule has 0 amide bonds. The third-order valence-electron chi connectivity index (χ3n) is 3.32. The lowest BCUT2D eigenvalue weighted by Gasteiger charge is -2.12. The zero-order chi connectivity index (χ0) is 15.3. The first-order chi connectivity index (χ1) is 10.00. The van der Waals surface area contributed by atoms with Crippen molar-refractivity contribution in [2.75, 3.05) is 5.75 Å². The summed E-state index contributed by atoms with van der Waals surface area (Å²) >= 11 is 0. The Morgan fingerprint density at radius 1 is 1.10 bits per heavy atom. The van der Waals surface area contributed by atoms with Gasteiger partial charge in [-0.1, -0.05) is 49.4 Å². The first-order valence-corrected chi connectivity index (χ1v) is 8.57. The molecule has 0 spiro atoms. The molecular weight excluding hydrogens is 282 g/mol. The highest BCUT2D eigenvalue weighted by Crippen LogP contribution is 2.19. The average molecular weight is 299 g/mol. The molecule has 0 aliphatic carbocycles. The van der Waals surface area contributed by atoms with Crippen LogP contribution in [0.2, 0.25) is 0 Å². The lowest BCUT2D eigenvalue weighted by atomic mass is 10.0. The molecule has 0 saturated carbocycles. The topological polar surface area (TPSA) is 57.9 Å². The van der Waals surface area contributed by atoms with Crippen LogP contribution in [0.5, 0.6) is 0 Å². The second kappa shape index (κ2) is 6.55. The summed E-state index contributed by atoms with van der Waals surface area (Å²) < 4.78 is 24.6. The second-order valence-corrected chi connectivity index (χ2v) is 7.29. The summed E-state index contributed by atoms with van der Waals surface area (Å²) in [5.41, 5.74) is 2.17. The van der Waals surface area contributed by atoms with Gasteiger partial charge in [0, 0.05) is 0 Å². The van der Waals surface area contributed by atoms with Crippen LogP contribution in [-0.2, 0) is 15.6 Å². The van der Waals surface area contributed by atoms with E-state index in [-0.39, 0.29) is 17.4 Å². The van der Waals surface area contributed by atoms with Gasteiger partial charge in [-0.25, -0.2) is 8.42 Å². The minimum atomic E-state index is -3.22. The summed E-state index contributed by atoms with van der Waals surface area (Å²) in [6.07, 6.45) is 0. The van der Waals surface area contributed by atoms with E-state index in [1.807, 2.05) is 43.3 Å². The maximum absolute atomic E-state index is 12.3. The Morgan fingerprint density at radius 3 is 2.48 bits per heavy atom. The van der Waals surface area contributed by atoms with E-state index in [0.29, 0.717) is 11.1 Å². The molecule has 4 heteroatoms. The van der Waals surface area contributed by atoms with Gasteiger partial charge < -0.3 is 0 Å². The van der Waals surface area contributed by atoms with Crippen LogP contribution in [0.25, 0.3) is 0 Å². The van der Waals surface area contributed by atoms with Gasteiger partial charge in [-0.2, -0.15) is 5.26 Å². The molecule has 21 heavy (non-hydrogen) atoms. The quantitative estimate of drug-likeness (QED) is 0.851. The molecule has 0 heterocycles. The monoisotopic (exact) mass is 299 g/mol. The Balaban J connectivity index is 2.10. The standard InChI is InChI=1S/C17H17NO2S/c1-14(17-8-3-2-4-9-17)12-21(19,20)13-16-7-5-6-15(10-16)11-18/h2-10,14H,12-13H2,1H3/t14-/m1/s1. The minimum Gasteiger partial charge on any atom is -0.228 e. The van der Waals surface area contributed by atoms with Crippen molar-refractivity contribution in [1.29, 1.82) is 5.26 Å². The number of benzene rings is 2. The summed E-state index contributed by atoms with van der Waals surface area (Å²) in [5.74, 6) is 0.0309.